The molecule has 19 heavy (non-hydrogen) atoms. The smallest absolute Gasteiger partial charge is 0.236 e. The fraction of sp³-hybridized carbons (Fsp3) is 0.533. The van der Waals surface area contributed by atoms with Crippen LogP contribution < -0.4 is 5.32 Å². The molecule has 1 aliphatic rings. The van der Waals surface area contributed by atoms with Crippen molar-refractivity contribution in [2.24, 2.45) is 0 Å². The molecule has 1 heterocycles. The summed E-state index contributed by atoms with van der Waals surface area (Å²) in [5.41, 5.74) is 1.17. The molecule has 1 aromatic carbocycles. The average molecular weight is 262 g/mol. The van der Waals surface area contributed by atoms with E-state index in [0.29, 0.717) is 6.54 Å². The number of benzene rings is 1. The van der Waals surface area contributed by atoms with E-state index in [0.717, 1.165) is 32.4 Å². The van der Waals surface area contributed by atoms with E-state index >= 15 is 0 Å². The van der Waals surface area contributed by atoms with E-state index in [1.165, 1.54) is 5.56 Å². The lowest BCUT2D eigenvalue weighted by molar-refractivity contribution is -0.129. The third-order valence-electron chi connectivity index (χ3n) is 3.55. The van der Waals surface area contributed by atoms with Gasteiger partial charge in [0.1, 0.15) is 0 Å². The van der Waals surface area contributed by atoms with E-state index < -0.39 is 0 Å². The third kappa shape index (κ3) is 4.33. The zero-order chi connectivity index (χ0) is 13.5. The molecule has 1 atom stereocenters. The van der Waals surface area contributed by atoms with Gasteiger partial charge in [-0.15, -0.1) is 0 Å². The standard InChI is InChI=1S/C15H22N2O2/c18-12-14(10-13-6-2-1-3-7-13)16-11-15(19)17-8-4-5-9-17/h1-3,6-7,14,16,18H,4-5,8-12H2. The van der Waals surface area contributed by atoms with E-state index in [9.17, 15) is 9.90 Å². The van der Waals surface area contributed by atoms with Crippen molar-refractivity contribution in [1.82, 2.24) is 10.2 Å². The first-order valence-electron chi connectivity index (χ1n) is 6.95. The summed E-state index contributed by atoms with van der Waals surface area (Å²) in [6, 6.07) is 9.95. The average Bonchev–Trinajstić information content (AvgIpc) is 2.98. The number of hydrogen-bond donors (Lipinski definition) is 2. The summed E-state index contributed by atoms with van der Waals surface area (Å²) < 4.78 is 0. The maximum absolute atomic E-state index is 11.9. The molecule has 1 saturated heterocycles. The minimum Gasteiger partial charge on any atom is -0.395 e. The Labute approximate surface area is 114 Å². The molecule has 2 N–H and O–H groups in total. The number of rotatable bonds is 6. The van der Waals surface area contributed by atoms with Crippen molar-refractivity contribution in [3.8, 4) is 0 Å². The maximum Gasteiger partial charge on any atom is 0.236 e. The topological polar surface area (TPSA) is 52.6 Å². The van der Waals surface area contributed by atoms with Crippen LogP contribution in [0.5, 0.6) is 0 Å². The number of aliphatic hydroxyl groups is 1. The number of nitrogens with one attached hydrogen (secondary N) is 1. The van der Waals surface area contributed by atoms with Crippen molar-refractivity contribution in [2.75, 3.05) is 26.2 Å². The Morgan fingerprint density at radius 1 is 1.26 bits per heavy atom. The Bertz CT molecular complexity index is 388. The summed E-state index contributed by atoms with van der Waals surface area (Å²) in [5.74, 6) is 0.143. The highest BCUT2D eigenvalue weighted by Gasteiger charge is 2.18. The fourth-order valence-electron chi connectivity index (χ4n) is 2.41. The molecule has 0 saturated carbocycles. The monoisotopic (exact) mass is 262 g/mol. The molecule has 2 rings (SSSR count). The quantitative estimate of drug-likeness (QED) is 0.797. The van der Waals surface area contributed by atoms with Crippen molar-refractivity contribution in [3.05, 3.63) is 35.9 Å². The van der Waals surface area contributed by atoms with Gasteiger partial charge in [-0.05, 0) is 24.8 Å². The number of amides is 1. The predicted octanol–water partition coefficient (Wildman–Crippen LogP) is 0.802. The van der Waals surface area contributed by atoms with Gasteiger partial charge in [-0.25, -0.2) is 0 Å². The molecule has 0 aromatic heterocycles. The maximum atomic E-state index is 11.9. The van der Waals surface area contributed by atoms with E-state index in [-0.39, 0.29) is 18.6 Å². The second-order valence-corrected chi connectivity index (χ2v) is 5.04. The first-order chi connectivity index (χ1) is 9.29. The molecule has 1 aliphatic heterocycles. The molecule has 104 valence electrons. The minimum atomic E-state index is -0.0612. The lowest BCUT2D eigenvalue weighted by Gasteiger charge is -2.19. The lowest BCUT2D eigenvalue weighted by Crippen LogP contribution is -2.42. The Balaban J connectivity index is 1.77. The summed E-state index contributed by atoms with van der Waals surface area (Å²) >= 11 is 0. The molecule has 0 spiro atoms. The minimum absolute atomic E-state index is 0.0438. The second kappa shape index (κ2) is 7.26. The lowest BCUT2D eigenvalue weighted by atomic mass is 10.1. The molecule has 0 aliphatic carbocycles. The van der Waals surface area contributed by atoms with Crippen molar-refractivity contribution in [2.45, 2.75) is 25.3 Å². The molecule has 1 amide bonds. The molecular weight excluding hydrogens is 240 g/mol. The van der Waals surface area contributed by atoms with Gasteiger partial charge in [0.15, 0.2) is 0 Å². The van der Waals surface area contributed by atoms with Crippen LogP contribution in [0.1, 0.15) is 18.4 Å². The van der Waals surface area contributed by atoms with Crippen LogP contribution in [0.2, 0.25) is 0 Å². The number of carbonyl (C=O) groups is 1. The summed E-state index contributed by atoms with van der Waals surface area (Å²) in [7, 11) is 0. The van der Waals surface area contributed by atoms with Crippen molar-refractivity contribution in [1.29, 1.82) is 0 Å². The third-order valence-corrected chi connectivity index (χ3v) is 3.55. The predicted molar refractivity (Wildman–Crippen MR) is 74.8 cm³/mol. The van der Waals surface area contributed by atoms with Gasteiger partial charge in [-0.2, -0.15) is 0 Å². The second-order valence-electron chi connectivity index (χ2n) is 5.04. The van der Waals surface area contributed by atoms with Gasteiger partial charge in [-0.3, -0.25) is 4.79 Å². The van der Waals surface area contributed by atoms with Crippen LogP contribution in [-0.4, -0.2) is 48.2 Å². The van der Waals surface area contributed by atoms with Crippen LogP contribution in [0.15, 0.2) is 30.3 Å². The van der Waals surface area contributed by atoms with Crippen molar-refractivity contribution < 1.29 is 9.90 Å². The Morgan fingerprint density at radius 2 is 1.95 bits per heavy atom. The Hall–Kier alpha value is -1.39. The Morgan fingerprint density at radius 3 is 2.58 bits per heavy atom. The van der Waals surface area contributed by atoms with E-state index in [2.05, 4.69) is 5.32 Å². The largest absolute Gasteiger partial charge is 0.395 e. The van der Waals surface area contributed by atoms with E-state index in [1.54, 1.807) is 0 Å². The summed E-state index contributed by atoms with van der Waals surface area (Å²) in [4.78, 5) is 13.8. The normalized spacial score (nSPS) is 16.6. The first kappa shape index (κ1) is 14.0. The van der Waals surface area contributed by atoms with Crippen LogP contribution >= 0.6 is 0 Å². The molecule has 1 aromatic rings. The van der Waals surface area contributed by atoms with Gasteiger partial charge in [0, 0.05) is 19.1 Å². The molecule has 4 nitrogen and oxygen atoms in total. The molecule has 4 heteroatoms. The van der Waals surface area contributed by atoms with Gasteiger partial charge < -0.3 is 15.3 Å². The van der Waals surface area contributed by atoms with Crippen LogP contribution in [0.25, 0.3) is 0 Å². The van der Waals surface area contributed by atoms with Gasteiger partial charge in [0.05, 0.1) is 13.2 Å². The first-order valence-corrected chi connectivity index (χ1v) is 6.95. The van der Waals surface area contributed by atoms with E-state index in [1.807, 2.05) is 35.2 Å². The van der Waals surface area contributed by atoms with Gasteiger partial charge in [0.25, 0.3) is 0 Å². The van der Waals surface area contributed by atoms with Crippen LogP contribution in [0.4, 0.5) is 0 Å². The highest BCUT2D eigenvalue weighted by atomic mass is 16.3. The van der Waals surface area contributed by atoms with Crippen LogP contribution in [0, 0.1) is 0 Å². The molecule has 1 fully saturated rings. The van der Waals surface area contributed by atoms with Crippen molar-refractivity contribution in [3.63, 3.8) is 0 Å². The van der Waals surface area contributed by atoms with Gasteiger partial charge in [0.2, 0.25) is 5.91 Å². The SMILES string of the molecule is O=C(CNC(CO)Cc1ccccc1)N1CCCC1. The number of aliphatic hydroxyl groups excluding tert-OH is 1. The zero-order valence-electron chi connectivity index (χ0n) is 11.2. The Kier molecular flexibility index (Phi) is 5.36. The summed E-state index contributed by atoms with van der Waals surface area (Å²) in [5, 5.41) is 12.5. The zero-order valence-corrected chi connectivity index (χ0v) is 11.2. The number of hydrogen-bond acceptors (Lipinski definition) is 3. The van der Waals surface area contributed by atoms with E-state index in [4.69, 9.17) is 0 Å². The highest BCUT2D eigenvalue weighted by Crippen LogP contribution is 2.07. The fourth-order valence-corrected chi connectivity index (χ4v) is 2.41. The molecule has 0 bridgehead atoms. The molecular formula is C15H22N2O2. The van der Waals surface area contributed by atoms with Crippen LogP contribution in [0.3, 0.4) is 0 Å². The number of likely N-dealkylation sites (tertiary alicyclic amines) is 1. The number of nitrogens with zero attached hydrogens (tertiary/aromatic N) is 1. The van der Waals surface area contributed by atoms with Gasteiger partial charge >= 0.3 is 0 Å². The highest BCUT2D eigenvalue weighted by molar-refractivity contribution is 5.78. The van der Waals surface area contributed by atoms with Crippen molar-refractivity contribution >= 4 is 5.91 Å². The molecule has 0 radical (unpaired) electrons. The number of carbonyl (C=O) groups excluding carboxylic acids is 1. The summed E-state index contributed by atoms with van der Waals surface area (Å²) in [6.07, 6.45) is 2.96. The summed E-state index contributed by atoms with van der Waals surface area (Å²) in [6.45, 7) is 2.12. The van der Waals surface area contributed by atoms with Crippen LogP contribution in [-0.2, 0) is 11.2 Å². The van der Waals surface area contributed by atoms with Gasteiger partial charge in [-0.1, -0.05) is 30.3 Å². The molecule has 1 unspecified atom stereocenters.